The van der Waals surface area contributed by atoms with Gasteiger partial charge in [-0.1, -0.05) is 73.0 Å². The Labute approximate surface area is 227 Å². The van der Waals surface area contributed by atoms with Crippen molar-refractivity contribution in [2.75, 3.05) is 5.75 Å². The lowest BCUT2D eigenvalue weighted by Gasteiger charge is -2.32. The molecule has 1 aliphatic carbocycles. The zero-order valence-corrected chi connectivity index (χ0v) is 22.3. The summed E-state index contributed by atoms with van der Waals surface area (Å²) in [5.74, 6) is -0.195. The smallest absolute Gasteiger partial charge is 0.243 e. The van der Waals surface area contributed by atoms with Gasteiger partial charge in [0.25, 0.3) is 0 Å². The van der Waals surface area contributed by atoms with Gasteiger partial charge in [-0.25, -0.2) is 4.39 Å². The van der Waals surface area contributed by atoms with Crippen LogP contribution in [0, 0.1) is 5.82 Å². The fraction of sp³-hybridized carbons (Fsp3) is 0.333. The van der Waals surface area contributed by atoms with Crippen molar-refractivity contribution in [3.63, 3.8) is 0 Å². The van der Waals surface area contributed by atoms with Crippen LogP contribution in [0.25, 0.3) is 0 Å². The van der Waals surface area contributed by atoms with Crippen LogP contribution in [0.1, 0.15) is 43.2 Å². The summed E-state index contributed by atoms with van der Waals surface area (Å²) < 4.78 is 14.7. The SMILES string of the molecule is O=C(NC1CCCC1)[C@H](Cc1ccccc1)N(Cc1ccccc1F)C(=O)CCSc1ccc(Cl)cc1. The first-order chi connectivity index (χ1) is 18.0. The van der Waals surface area contributed by atoms with Gasteiger partial charge in [0.2, 0.25) is 11.8 Å². The van der Waals surface area contributed by atoms with Crippen LogP contribution < -0.4 is 5.32 Å². The number of hydrogen-bond donors (Lipinski definition) is 1. The molecule has 1 atom stereocenters. The zero-order valence-electron chi connectivity index (χ0n) is 20.7. The summed E-state index contributed by atoms with van der Waals surface area (Å²) in [5.41, 5.74) is 1.35. The second-order valence-electron chi connectivity index (χ2n) is 9.36. The molecule has 7 heteroatoms. The van der Waals surface area contributed by atoms with E-state index in [2.05, 4.69) is 5.32 Å². The molecule has 0 spiro atoms. The molecule has 0 aromatic heterocycles. The highest BCUT2D eigenvalue weighted by atomic mass is 35.5. The number of thioether (sulfide) groups is 1. The van der Waals surface area contributed by atoms with Gasteiger partial charge in [0.15, 0.2) is 0 Å². The zero-order chi connectivity index (χ0) is 26.0. The molecule has 1 N–H and O–H groups in total. The summed E-state index contributed by atoms with van der Waals surface area (Å²) >= 11 is 7.53. The molecule has 1 aliphatic rings. The summed E-state index contributed by atoms with van der Waals surface area (Å²) in [6.07, 6.45) is 4.67. The predicted molar refractivity (Wildman–Crippen MR) is 148 cm³/mol. The minimum atomic E-state index is -0.740. The second-order valence-corrected chi connectivity index (χ2v) is 11.0. The maximum atomic E-state index is 14.7. The average Bonchev–Trinajstić information content (AvgIpc) is 3.42. The maximum absolute atomic E-state index is 14.7. The molecule has 1 saturated carbocycles. The molecule has 0 radical (unpaired) electrons. The summed E-state index contributed by atoms with van der Waals surface area (Å²) in [5, 5.41) is 3.84. The molecule has 0 unspecified atom stereocenters. The number of nitrogens with zero attached hydrogens (tertiary/aromatic N) is 1. The summed E-state index contributed by atoms with van der Waals surface area (Å²) in [7, 11) is 0. The van der Waals surface area contributed by atoms with Gasteiger partial charge >= 0.3 is 0 Å². The van der Waals surface area contributed by atoms with Crippen molar-refractivity contribution < 1.29 is 14.0 Å². The quantitative estimate of drug-likeness (QED) is 0.278. The molecular formula is C30H32ClFN2O2S. The minimum Gasteiger partial charge on any atom is -0.352 e. The van der Waals surface area contributed by atoms with Crippen LogP contribution >= 0.6 is 23.4 Å². The van der Waals surface area contributed by atoms with Crippen LogP contribution in [0.3, 0.4) is 0 Å². The normalized spacial score (nSPS) is 14.3. The van der Waals surface area contributed by atoms with E-state index in [0.29, 0.717) is 22.8 Å². The third-order valence-electron chi connectivity index (χ3n) is 6.67. The van der Waals surface area contributed by atoms with Gasteiger partial charge in [-0.2, -0.15) is 0 Å². The van der Waals surface area contributed by atoms with E-state index >= 15 is 0 Å². The van der Waals surface area contributed by atoms with Crippen LogP contribution in [0.4, 0.5) is 4.39 Å². The van der Waals surface area contributed by atoms with Crippen molar-refractivity contribution in [3.8, 4) is 0 Å². The van der Waals surface area contributed by atoms with Gasteiger partial charge in [0.1, 0.15) is 11.9 Å². The van der Waals surface area contributed by atoms with Crippen molar-refractivity contribution >= 4 is 35.2 Å². The molecule has 0 bridgehead atoms. The first-order valence-corrected chi connectivity index (χ1v) is 14.1. The Morgan fingerprint density at radius 2 is 1.65 bits per heavy atom. The number of carbonyl (C=O) groups excluding carboxylic acids is 2. The second kappa shape index (κ2) is 13.6. The molecular weight excluding hydrogens is 507 g/mol. The van der Waals surface area contributed by atoms with Gasteiger partial charge in [-0.15, -0.1) is 11.8 Å². The lowest BCUT2D eigenvalue weighted by molar-refractivity contribution is -0.141. The lowest BCUT2D eigenvalue weighted by Crippen LogP contribution is -2.52. The number of benzene rings is 3. The fourth-order valence-corrected chi connectivity index (χ4v) is 5.63. The fourth-order valence-electron chi connectivity index (χ4n) is 4.66. The van der Waals surface area contributed by atoms with Crippen molar-refractivity contribution in [2.24, 2.45) is 0 Å². The molecule has 4 nitrogen and oxygen atoms in total. The van der Waals surface area contributed by atoms with Crippen LogP contribution in [0.5, 0.6) is 0 Å². The van der Waals surface area contributed by atoms with Crippen LogP contribution in [0.2, 0.25) is 5.02 Å². The Kier molecular flexibility index (Phi) is 10.0. The maximum Gasteiger partial charge on any atom is 0.243 e. The Balaban J connectivity index is 1.56. The average molecular weight is 539 g/mol. The molecule has 4 rings (SSSR count). The standard InChI is InChI=1S/C30H32ClFN2O2S/c31-24-14-16-26(17-15-24)37-19-18-29(35)34(21-23-10-4-7-13-27(23)32)28(20-22-8-2-1-3-9-22)30(36)33-25-11-5-6-12-25/h1-4,7-10,13-17,25,28H,5-6,11-12,18-21H2,(H,33,36)/t28-/m0/s1. The minimum absolute atomic E-state index is 0.0344. The van der Waals surface area contributed by atoms with E-state index in [9.17, 15) is 14.0 Å². The van der Waals surface area contributed by atoms with E-state index in [4.69, 9.17) is 11.6 Å². The van der Waals surface area contributed by atoms with Crippen molar-refractivity contribution in [1.29, 1.82) is 0 Å². The van der Waals surface area contributed by atoms with E-state index in [0.717, 1.165) is 36.1 Å². The topological polar surface area (TPSA) is 49.4 Å². The number of nitrogens with one attached hydrogen (secondary N) is 1. The molecule has 0 heterocycles. The number of amides is 2. The van der Waals surface area contributed by atoms with E-state index in [1.54, 1.807) is 34.9 Å². The Morgan fingerprint density at radius 3 is 2.35 bits per heavy atom. The Bertz CT molecular complexity index is 1170. The van der Waals surface area contributed by atoms with Gasteiger partial charge in [-0.3, -0.25) is 9.59 Å². The van der Waals surface area contributed by atoms with Crippen molar-refractivity contribution in [3.05, 3.63) is 101 Å². The molecule has 37 heavy (non-hydrogen) atoms. The van der Waals surface area contributed by atoms with Crippen LogP contribution in [-0.4, -0.2) is 34.6 Å². The highest BCUT2D eigenvalue weighted by Crippen LogP contribution is 2.24. The predicted octanol–water partition coefficient (Wildman–Crippen LogP) is 6.66. The molecule has 0 aliphatic heterocycles. The third-order valence-corrected chi connectivity index (χ3v) is 7.94. The molecule has 194 valence electrons. The van der Waals surface area contributed by atoms with Crippen LogP contribution in [0.15, 0.2) is 83.8 Å². The van der Waals surface area contributed by atoms with E-state index in [1.165, 1.54) is 6.07 Å². The number of carbonyl (C=O) groups is 2. The first kappa shape index (κ1) is 27.2. The van der Waals surface area contributed by atoms with E-state index < -0.39 is 6.04 Å². The molecule has 3 aromatic rings. The third kappa shape index (κ3) is 8.08. The summed E-state index contributed by atoms with van der Waals surface area (Å²) in [6.45, 7) is 0.0344. The van der Waals surface area contributed by atoms with Gasteiger partial charge in [0, 0.05) is 46.7 Å². The van der Waals surface area contributed by atoms with E-state index in [-0.39, 0.29) is 36.6 Å². The Hall–Kier alpha value is -2.83. The number of hydrogen-bond acceptors (Lipinski definition) is 3. The summed E-state index contributed by atoms with van der Waals surface area (Å²) in [6, 6.07) is 23.0. The van der Waals surface area contributed by atoms with Gasteiger partial charge in [0.05, 0.1) is 0 Å². The van der Waals surface area contributed by atoms with Crippen LogP contribution in [-0.2, 0) is 22.6 Å². The molecule has 3 aromatic carbocycles. The molecule has 0 saturated heterocycles. The monoisotopic (exact) mass is 538 g/mol. The molecule has 1 fully saturated rings. The molecule has 2 amide bonds. The number of rotatable bonds is 11. The highest BCUT2D eigenvalue weighted by molar-refractivity contribution is 7.99. The van der Waals surface area contributed by atoms with Gasteiger partial charge < -0.3 is 10.2 Å². The van der Waals surface area contributed by atoms with Crippen molar-refractivity contribution in [2.45, 2.75) is 62.0 Å². The number of halogens is 2. The first-order valence-electron chi connectivity index (χ1n) is 12.7. The highest BCUT2D eigenvalue weighted by Gasteiger charge is 2.32. The largest absolute Gasteiger partial charge is 0.352 e. The van der Waals surface area contributed by atoms with Gasteiger partial charge in [-0.05, 0) is 48.7 Å². The van der Waals surface area contributed by atoms with Crippen molar-refractivity contribution in [1.82, 2.24) is 10.2 Å². The summed E-state index contributed by atoms with van der Waals surface area (Å²) in [4.78, 5) is 29.9. The van der Waals surface area contributed by atoms with E-state index in [1.807, 2.05) is 54.6 Å². The Morgan fingerprint density at radius 1 is 0.973 bits per heavy atom. The lowest BCUT2D eigenvalue weighted by atomic mass is 10.0.